The first kappa shape index (κ1) is 13.0. The van der Waals surface area contributed by atoms with Crippen LogP contribution in [-0.4, -0.2) is 13.1 Å². The maximum Gasteiger partial charge on any atom is 0.349 e. The van der Waals surface area contributed by atoms with Crippen LogP contribution >= 0.6 is 0 Å². The lowest BCUT2D eigenvalue weighted by Crippen LogP contribution is -2.05. The fraction of sp³-hybridized carbons (Fsp3) is 0.286. The molecule has 1 aliphatic rings. The lowest BCUT2D eigenvalue weighted by molar-refractivity contribution is -0.135. The van der Waals surface area contributed by atoms with Crippen LogP contribution in [0.3, 0.4) is 0 Å². The number of carbonyl (C=O) groups excluding carboxylic acids is 1. The highest BCUT2D eigenvalue weighted by molar-refractivity contribution is 5.94. The molecule has 0 saturated heterocycles. The van der Waals surface area contributed by atoms with Crippen LogP contribution in [0.5, 0.6) is 0 Å². The van der Waals surface area contributed by atoms with Crippen LogP contribution < -0.4 is 0 Å². The van der Waals surface area contributed by atoms with Crippen LogP contribution in [0.4, 0.5) is 0 Å². The summed E-state index contributed by atoms with van der Waals surface area (Å²) in [6.07, 6.45) is 9.23. The van der Waals surface area contributed by atoms with Crippen LogP contribution in [0.25, 0.3) is 0 Å². The summed E-state index contributed by atoms with van der Waals surface area (Å²) >= 11 is 0. The quantitative estimate of drug-likeness (QED) is 0.415. The van der Waals surface area contributed by atoms with Crippen molar-refractivity contribution < 1.29 is 9.53 Å². The number of rotatable bonds is 2. The molecule has 0 bridgehead atoms. The van der Waals surface area contributed by atoms with Crippen molar-refractivity contribution in [1.29, 1.82) is 5.26 Å². The number of nitrogens with zero attached hydrogens (tertiary/aromatic N) is 1. The van der Waals surface area contributed by atoms with Crippen molar-refractivity contribution in [2.24, 2.45) is 5.92 Å². The molecule has 0 radical (unpaired) electrons. The number of hydrogen-bond donors (Lipinski definition) is 0. The maximum absolute atomic E-state index is 11.4. The fourth-order valence-corrected chi connectivity index (χ4v) is 1.44. The van der Waals surface area contributed by atoms with Crippen molar-refractivity contribution in [3.8, 4) is 6.07 Å². The van der Waals surface area contributed by atoms with E-state index in [9.17, 15) is 4.79 Å². The molecule has 0 atom stereocenters. The minimum Gasteiger partial charge on any atom is -0.465 e. The van der Waals surface area contributed by atoms with Gasteiger partial charge in [-0.2, -0.15) is 5.26 Å². The summed E-state index contributed by atoms with van der Waals surface area (Å²) in [5.74, 6) is -0.205. The lowest BCUT2D eigenvalue weighted by Gasteiger charge is -2.03. The number of esters is 1. The van der Waals surface area contributed by atoms with Crippen molar-refractivity contribution in [3.63, 3.8) is 0 Å². The van der Waals surface area contributed by atoms with Crippen molar-refractivity contribution in [1.82, 2.24) is 0 Å². The summed E-state index contributed by atoms with van der Waals surface area (Å²) in [4.78, 5) is 11.4. The average Bonchev–Trinajstić information content (AvgIpc) is 2.55. The Labute approximate surface area is 101 Å². The van der Waals surface area contributed by atoms with Crippen molar-refractivity contribution in [2.45, 2.75) is 13.8 Å². The number of methoxy groups -OCH3 is 1. The predicted octanol–water partition coefficient (Wildman–Crippen LogP) is 2.69. The van der Waals surface area contributed by atoms with E-state index in [0.29, 0.717) is 11.5 Å². The van der Waals surface area contributed by atoms with Gasteiger partial charge in [0.1, 0.15) is 11.6 Å². The van der Waals surface area contributed by atoms with Crippen LogP contribution in [-0.2, 0) is 9.53 Å². The Morgan fingerprint density at radius 1 is 1.35 bits per heavy atom. The summed E-state index contributed by atoms with van der Waals surface area (Å²) in [6.45, 7) is 4.18. The van der Waals surface area contributed by atoms with Gasteiger partial charge in [-0.05, 0) is 17.1 Å². The third-order valence-corrected chi connectivity index (χ3v) is 2.48. The highest BCUT2D eigenvalue weighted by atomic mass is 16.5. The Hall–Kier alpha value is -2.08. The molecule has 0 spiro atoms. The van der Waals surface area contributed by atoms with Crippen LogP contribution in [0.2, 0.25) is 0 Å². The summed E-state index contributed by atoms with van der Waals surface area (Å²) in [6, 6.07) is 1.87. The van der Waals surface area contributed by atoms with Gasteiger partial charge in [0.2, 0.25) is 0 Å². The topological polar surface area (TPSA) is 50.1 Å². The van der Waals surface area contributed by atoms with E-state index in [1.165, 1.54) is 7.11 Å². The minimum atomic E-state index is -0.607. The number of nitriles is 1. The molecule has 0 amide bonds. The first-order chi connectivity index (χ1) is 8.10. The van der Waals surface area contributed by atoms with Gasteiger partial charge in [-0.3, -0.25) is 0 Å². The van der Waals surface area contributed by atoms with Crippen molar-refractivity contribution >= 4 is 5.97 Å². The van der Waals surface area contributed by atoms with E-state index in [2.05, 4.69) is 18.6 Å². The van der Waals surface area contributed by atoms with E-state index < -0.39 is 5.97 Å². The molecule has 0 aromatic heterocycles. The molecule has 3 nitrogen and oxygen atoms in total. The van der Waals surface area contributed by atoms with Crippen molar-refractivity contribution in [3.05, 3.63) is 47.1 Å². The van der Waals surface area contributed by atoms with Gasteiger partial charge in [0.15, 0.2) is 0 Å². The molecule has 0 fully saturated rings. The molecule has 0 heterocycles. The van der Waals surface area contributed by atoms with Gasteiger partial charge >= 0.3 is 5.97 Å². The molecule has 88 valence electrons. The fourth-order valence-electron chi connectivity index (χ4n) is 1.44. The van der Waals surface area contributed by atoms with E-state index in [1.807, 2.05) is 24.3 Å². The zero-order valence-electron chi connectivity index (χ0n) is 10.2. The Morgan fingerprint density at radius 2 is 2.06 bits per heavy atom. The van der Waals surface area contributed by atoms with E-state index in [0.717, 1.165) is 5.57 Å². The number of hydrogen-bond acceptors (Lipinski definition) is 3. The molecule has 0 N–H and O–H groups in total. The van der Waals surface area contributed by atoms with Gasteiger partial charge in [-0.1, -0.05) is 44.2 Å². The van der Waals surface area contributed by atoms with Crippen LogP contribution in [0.1, 0.15) is 13.8 Å². The molecule has 1 rings (SSSR count). The highest BCUT2D eigenvalue weighted by Gasteiger charge is 2.13. The van der Waals surface area contributed by atoms with E-state index in [-0.39, 0.29) is 5.57 Å². The van der Waals surface area contributed by atoms with E-state index in [4.69, 9.17) is 5.26 Å². The monoisotopic (exact) mass is 229 g/mol. The first-order valence-corrected chi connectivity index (χ1v) is 5.39. The Balaban J connectivity index is 3.13. The molecule has 0 aromatic rings. The Morgan fingerprint density at radius 3 is 2.59 bits per heavy atom. The molecule has 0 aromatic carbocycles. The number of allylic oxidation sites excluding steroid dienone is 7. The highest BCUT2D eigenvalue weighted by Crippen LogP contribution is 2.18. The second-order valence-corrected chi connectivity index (χ2v) is 3.95. The van der Waals surface area contributed by atoms with Crippen LogP contribution in [0, 0.1) is 17.2 Å². The lowest BCUT2D eigenvalue weighted by atomic mass is 10.0. The standard InChI is InChI=1S/C14H15NO2/c1-10(2)11-5-4-6-12(8-7-11)13(9-15)14(16)17-3/h4-8,10H,1-3H3/b13-12-. The van der Waals surface area contributed by atoms with Crippen LogP contribution in [0.15, 0.2) is 47.1 Å². The van der Waals surface area contributed by atoms with Gasteiger partial charge in [-0.25, -0.2) is 4.79 Å². The Bertz CT molecular complexity index is 471. The zero-order valence-corrected chi connectivity index (χ0v) is 10.2. The third kappa shape index (κ3) is 3.18. The first-order valence-electron chi connectivity index (χ1n) is 5.39. The van der Waals surface area contributed by atoms with Gasteiger partial charge in [0.25, 0.3) is 0 Å². The smallest absolute Gasteiger partial charge is 0.349 e. The zero-order chi connectivity index (χ0) is 12.8. The molecule has 3 heteroatoms. The summed E-state index contributed by atoms with van der Waals surface area (Å²) < 4.78 is 4.57. The normalized spacial score (nSPS) is 17.2. The van der Waals surface area contributed by atoms with Gasteiger partial charge in [0, 0.05) is 0 Å². The number of carbonyl (C=O) groups is 1. The molecule has 0 saturated carbocycles. The third-order valence-electron chi connectivity index (χ3n) is 2.48. The number of ether oxygens (including phenoxy) is 1. The SMILES string of the molecule is COC(=O)/C(C#N)=C1/C=CC=C(C(C)C)C=C1. The minimum absolute atomic E-state index is 0.0263. The summed E-state index contributed by atoms with van der Waals surface area (Å²) in [5, 5.41) is 8.95. The van der Waals surface area contributed by atoms with Gasteiger partial charge in [-0.15, -0.1) is 0 Å². The predicted molar refractivity (Wildman–Crippen MR) is 65.9 cm³/mol. The summed E-state index contributed by atoms with van der Waals surface area (Å²) in [7, 11) is 1.27. The Kier molecular flexibility index (Phi) is 4.47. The second-order valence-electron chi connectivity index (χ2n) is 3.95. The second kappa shape index (κ2) is 5.86. The van der Waals surface area contributed by atoms with E-state index >= 15 is 0 Å². The molecule has 0 unspecified atom stereocenters. The molecular formula is C14H15NO2. The molecule has 0 aliphatic heterocycles. The maximum atomic E-state index is 11.4. The van der Waals surface area contributed by atoms with Crippen molar-refractivity contribution in [2.75, 3.05) is 7.11 Å². The summed E-state index contributed by atoms with van der Waals surface area (Å²) in [5.41, 5.74) is 1.75. The van der Waals surface area contributed by atoms with Gasteiger partial charge in [0.05, 0.1) is 7.11 Å². The molecular weight excluding hydrogens is 214 g/mol. The molecule has 1 aliphatic carbocycles. The van der Waals surface area contributed by atoms with Gasteiger partial charge < -0.3 is 4.74 Å². The molecule has 17 heavy (non-hydrogen) atoms. The van der Waals surface area contributed by atoms with E-state index in [1.54, 1.807) is 12.2 Å². The largest absolute Gasteiger partial charge is 0.465 e. The average molecular weight is 229 g/mol.